The Morgan fingerprint density at radius 2 is 1.83 bits per heavy atom. The minimum absolute atomic E-state index is 0.0182. The van der Waals surface area contributed by atoms with E-state index in [2.05, 4.69) is 12.2 Å². The summed E-state index contributed by atoms with van der Waals surface area (Å²) in [6.07, 6.45) is -1.65. The first kappa shape index (κ1) is 27.8. The van der Waals surface area contributed by atoms with E-state index < -0.39 is 40.3 Å². The lowest BCUT2D eigenvalue weighted by Gasteiger charge is -2.35. The average Bonchev–Trinajstić information content (AvgIpc) is 2.85. The van der Waals surface area contributed by atoms with E-state index in [0.717, 1.165) is 41.8 Å². The smallest absolute Gasteiger partial charge is 0.371 e. The van der Waals surface area contributed by atoms with Crippen LogP contribution in [0.3, 0.4) is 0 Å². The van der Waals surface area contributed by atoms with Crippen LogP contribution in [0.1, 0.15) is 55.7 Å². The molecule has 0 spiro atoms. The molecule has 1 aliphatic heterocycles. The fourth-order valence-electron chi connectivity index (χ4n) is 4.40. The van der Waals surface area contributed by atoms with Gasteiger partial charge in [0.1, 0.15) is 5.82 Å². The third-order valence-corrected chi connectivity index (χ3v) is 7.56. The number of benzene rings is 2. The maximum absolute atomic E-state index is 14.4. The Kier molecular flexibility index (Phi) is 8.86. The number of thiol groups is 1. The summed E-state index contributed by atoms with van der Waals surface area (Å²) < 4.78 is 77.6. The highest BCUT2D eigenvalue weighted by molar-refractivity contribution is 7.74. The third kappa shape index (κ3) is 6.48. The lowest BCUT2D eigenvalue weighted by Crippen LogP contribution is -2.35. The molecule has 3 rings (SSSR count). The summed E-state index contributed by atoms with van der Waals surface area (Å²) in [5.74, 6) is -1.43. The van der Waals surface area contributed by atoms with Gasteiger partial charge < -0.3 is 10.2 Å². The van der Waals surface area contributed by atoms with Crippen LogP contribution in [0.5, 0.6) is 0 Å². The molecule has 1 aliphatic rings. The summed E-state index contributed by atoms with van der Waals surface area (Å²) in [5, 5.41) is 2.75. The van der Waals surface area contributed by atoms with Gasteiger partial charge in [-0.1, -0.05) is 25.5 Å². The van der Waals surface area contributed by atoms with Crippen LogP contribution in [0.25, 0.3) is 0 Å². The zero-order valence-corrected chi connectivity index (χ0v) is 21.3. The molecule has 198 valence electrons. The van der Waals surface area contributed by atoms with Crippen molar-refractivity contribution in [3.05, 3.63) is 58.9 Å². The Hall–Kier alpha value is -2.82. The van der Waals surface area contributed by atoms with Gasteiger partial charge in [0, 0.05) is 32.4 Å². The van der Waals surface area contributed by atoms with Crippen molar-refractivity contribution in [3.63, 3.8) is 0 Å². The first-order valence-corrected chi connectivity index (χ1v) is 13.0. The first-order chi connectivity index (χ1) is 16.9. The number of nitrogens with one attached hydrogen (secondary N) is 1. The minimum Gasteiger partial charge on any atom is -0.371 e. The van der Waals surface area contributed by atoms with Gasteiger partial charge in [-0.15, -0.1) is 0 Å². The van der Waals surface area contributed by atoms with E-state index in [1.807, 2.05) is 4.90 Å². The van der Waals surface area contributed by atoms with E-state index in [0.29, 0.717) is 35.8 Å². The van der Waals surface area contributed by atoms with Crippen molar-refractivity contribution in [2.24, 2.45) is 5.92 Å². The molecule has 0 aromatic heterocycles. The average molecular weight is 530 g/mol. The summed E-state index contributed by atoms with van der Waals surface area (Å²) in [5.41, 5.74) is 0.499. The van der Waals surface area contributed by atoms with E-state index in [-0.39, 0.29) is 12.2 Å². The van der Waals surface area contributed by atoms with Crippen LogP contribution in [-0.2, 0) is 28.4 Å². The molecule has 11 heteroatoms. The molecule has 1 amide bonds. The number of alkyl halides is 3. The molecule has 0 radical (unpaired) electrons. The fraction of sp³-hybridized carbons (Fsp3) is 0.480. The van der Waals surface area contributed by atoms with Crippen LogP contribution in [-0.4, -0.2) is 34.5 Å². The third-order valence-electron chi connectivity index (χ3n) is 6.86. The summed E-state index contributed by atoms with van der Waals surface area (Å²) >= 11 is 0. The van der Waals surface area contributed by atoms with E-state index in [1.54, 1.807) is 6.92 Å². The van der Waals surface area contributed by atoms with Gasteiger partial charge in [-0.25, -0.2) is 12.8 Å². The van der Waals surface area contributed by atoms with Crippen molar-refractivity contribution in [1.82, 2.24) is 5.32 Å². The van der Waals surface area contributed by atoms with Crippen molar-refractivity contribution in [2.45, 2.75) is 51.7 Å². The highest BCUT2D eigenvalue weighted by Gasteiger charge is 2.32. The van der Waals surface area contributed by atoms with Gasteiger partial charge in [0.2, 0.25) is 16.8 Å². The number of carbonyl (C=O) groups is 1. The fourth-order valence-corrected chi connectivity index (χ4v) is 4.73. The summed E-state index contributed by atoms with van der Waals surface area (Å²) in [6, 6.07) is 7.41. The van der Waals surface area contributed by atoms with Crippen LogP contribution in [0.15, 0.2) is 36.4 Å². The number of rotatable bonds is 8. The molecule has 1 saturated heterocycles. The molecule has 0 bridgehead atoms. The van der Waals surface area contributed by atoms with Crippen molar-refractivity contribution < 1.29 is 30.8 Å². The molecule has 36 heavy (non-hydrogen) atoms. The Balaban J connectivity index is 1.76. The van der Waals surface area contributed by atoms with Crippen LogP contribution in [0.2, 0.25) is 0 Å². The van der Waals surface area contributed by atoms with Crippen LogP contribution >= 0.6 is 0 Å². The number of amides is 1. The summed E-state index contributed by atoms with van der Waals surface area (Å²) in [6.45, 7) is 4.99. The number of anilines is 2. The molecular formula is C25H31F4N3O3S. The number of carbonyl (C=O) groups excluding carboxylic acids is 1. The van der Waals surface area contributed by atoms with Crippen molar-refractivity contribution in [3.8, 4) is 0 Å². The largest absolute Gasteiger partial charge is 0.416 e. The standard InChI is InChI=1S/C25H31F4N3O3S/c1-4-17-9-11-32(12-10-17)23-14-20(25(27,28)29)7-5-19(23)15-30-24(33)16(2)18-6-8-22(21(26)13-18)31(3)36(34)35/h5-8,13-14,16-17,36H,4,9-12,15H2,1-3H3,(H,30,33). The minimum atomic E-state index is -4.48. The molecule has 0 saturated carbocycles. The second-order valence-electron chi connectivity index (χ2n) is 9.09. The second-order valence-corrected chi connectivity index (χ2v) is 10.2. The normalized spacial score (nSPS) is 15.7. The maximum atomic E-state index is 14.4. The maximum Gasteiger partial charge on any atom is 0.416 e. The molecule has 2 aromatic rings. The van der Waals surface area contributed by atoms with Crippen molar-refractivity contribution >= 4 is 28.2 Å². The zero-order chi connectivity index (χ0) is 26.6. The molecule has 0 aliphatic carbocycles. The van der Waals surface area contributed by atoms with Crippen molar-refractivity contribution in [2.75, 3.05) is 29.3 Å². The van der Waals surface area contributed by atoms with Gasteiger partial charge in [0.15, 0.2) is 0 Å². The SMILES string of the molecule is CCC1CCN(c2cc(C(F)(F)F)ccc2CNC(=O)C(C)c2ccc(N(C)[SH](=O)=O)c(F)c2)CC1. The predicted octanol–water partition coefficient (Wildman–Crippen LogP) is 4.85. The van der Waals surface area contributed by atoms with Gasteiger partial charge in [-0.05, 0) is 61.1 Å². The van der Waals surface area contributed by atoms with E-state index in [4.69, 9.17) is 0 Å². The predicted molar refractivity (Wildman–Crippen MR) is 132 cm³/mol. The van der Waals surface area contributed by atoms with Crippen molar-refractivity contribution in [1.29, 1.82) is 0 Å². The molecule has 1 N–H and O–H groups in total. The summed E-state index contributed by atoms with van der Waals surface area (Å²) in [7, 11) is -1.79. The van der Waals surface area contributed by atoms with Crippen LogP contribution < -0.4 is 14.5 Å². The monoisotopic (exact) mass is 529 g/mol. The molecular weight excluding hydrogens is 498 g/mol. The zero-order valence-electron chi connectivity index (χ0n) is 20.4. The number of nitrogens with zero attached hydrogens (tertiary/aromatic N) is 2. The van der Waals surface area contributed by atoms with Gasteiger partial charge >= 0.3 is 6.18 Å². The Morgan fingerprint density at radius 3 is 2.39 bits per heavy atom. The Bertz CT molecular complexity index is 1150. The number of hydrogen-bond acceptors (Lipinski definition) is 4. The van der Waals surface area contributed by atoms with E-state index in [9.17, 15) is 30.8 Å². The molecule has 1 heterocycles. The molecule has 1 atom stereocenters. The van der Waals surface area contributed by atoms with Gasteiger partial charge in [-0.2, -0.15) is 13.2 Å². The topological polar surface area (TPSA) is 69.7 Å². The van der Waals surface area contributed by atoms with Gasteiger partial charge in [0.25, 0.3) is 0 Å². The second kappa shape index (κ2) is 11.5. The highest BCUT2D eigenvalue weighted by atomic mass is 32.2. The Morgan fingerprint density at radius 1 is 1.17 bits per heavy atom. The van der Waals surface area contributed by atoms with Crippen LogP contribution in [0, 0.1) is 11.7 Å². The number of piperidine rings is 1. The lowest BCUT2D eigenvalue weighted by atomic mass is 9.93. The highest BCUT2D eigenvalue weighted by Crippen LogP contribution is 2.35. The molecule has 1 fully saturated rings. The molecule has 6 nitrogen and oxygen atoms in total. The first-order valence-electron chi connectivity index (χ1n) is 11.8. The van der Waals surface area contributed by atoms with Gasteiger partial charge in [0.05, 0.1) is 17.2 Å². The van der Waals surface area contributed by atoms with Gasteiger partial charge in [-0.3, -0.25) is 9.10 Å². The number of hydrogen-bond donors (Lipinski definition) is 2. The van der Waals surface area contributed by atoms with E-state index >= 15 is 0 Å². The molecule has 1 unspecified atom stereocenters. The van der Waals surface area contributed by atoms with Crippen LogP contribution in [0.4, 0.5) is 28.9 Å². The Labute approximate surface area is 210 Å². The van der Waals surface area contributed by atoms with E-state index in [1.165, 1.54) is 25.2 Å². The quantitative estimate of drug-likeness (QED) is 0.379. The summed E-state index contributed by atoms with van der Waals surface area (Å²) in [4.78, 5) is 14.8. The lowest BCUT2D eigenvalue weighted by molar-refractivity contribution is -0.137. The molecule has 2 aromatic carbocycles. The number of halogens is 4.